The molecule has 158 valence electrons. The molecule has 0 fully saturated rings. The van der Waals surface area contributed by atoms with Gasteiger partial charge in [0, 0.05) is 34.7 Å². The Bertz CT molecular complexity index is 1410. The number of tetrazole rings is 1. The average Bonchev–Trinajstić information content (AvgIpc) is 3.30. The standard InChI is InChI=1S/C24H21N7O/c1-32-20-9-5-3-7-16(20)13-22-28-29-30-31(22)21-11-10-17(14-27-21)19-12-15-6-2-4-8-18(15)23(25)24(19)26/h2-12,14H,13,25-26H2,1H3. The molecule has 2 aromatic heterocycles. The average molecular weight is 423 g/mol. The fourth-order valence-corrected chi connectivity index (χ4v) is 3.81. The van der Waals surface area contributed by atoms with Gasteiger partial charge in [0.25, 0.3) is 0 Å². The van der Waals surface area contributed by atoms with Crippen molar-refractivity contribution in [2.24, 2.45) is 0 Å². The number of methoxy groups -OCH3 is 1. The fourth-order valence-electron chi connectivity index (χ4n) is 3.81. The second-order valence-electron chi connectivity index (χ2n) is 7.37. The zero-order valence-corrected chi connectivity index (χ0v) is 17.4. The molecule has 0 bridgehead atoms. The van der Waals surface area contributed by atoms with Crippen LogP contribution in [0.4, 0.5) is 11.4 Å². The molecule has 0 atom stereocenters. The van der Waals surface area contributed by atoms with E-state index in [-0.39, 0.29) is 0 Å². The molecule has 0 radical (unpaired) electrons. The Morgan fingerprint density at radius 3 is 2.56 bits per heavy atom. The van der Waals surface area contributed by atoms with Crippen molar-refractivity contribution in [3.8, 4) is 22.7 Å². The maximum Gasteiger partial charge on any atom is 0.162 e. The lowest BCUT2D eigenvalue weighted by molar-refractivity contribution is 0.410. The van der Waals surface area contributed by atoms with E-state index < -0.39 is 0 Å². The summed E-state index contributed by atoms with van der Waals surface area (Å²) in [6, 6.07) is 21.5. The SMILES string of the molecule is COc1ccccc1Cc1nnnn1-c1ccc(-c2cc3ccccc3c(N)c2N)cn1. The van der Waals surface area contributed by atoms with Crippen LogP contribution in [-0.2, 0) is 6.42 Å². The predicted octanol–water partition coefficient (Wildman–Crippen LogP) is 3.64. The molecule has 5 aromatic rings. The molecule has 8 heteroatoms. The predicted molar refractivity (Wildman–Crippen MR) is 125 cm³/mol. The summed E-state index contributed by atoms with van der Waals surface area (Å²) in [4.78, 5) is 4.59. The van der Waals surface area contributed by atoms with E-state index in [1.54, 1.807) is 18.0 Å². The van der Waals surface area contributed by atoms with Crippen molar-refractivity contribution in [1.29, 1.82) is 0 Å². The molecule has 0 amide bonds. The van der Waals surface area contributed by atoms with Crippen molar-refractivity contribution >= 4 is 22.1 Å². The van der Waals surface area contributed by atoms with E-state index in [9.17, 15) is 0 Å². The number of fused-ring (bicyclic) bond motifs is 1. The Labute approximate surface area is 184 Å². The van der Waals surface area contributed by atoms with E-state index in [2.05, 4.69) is 20.5 Å². The largest absolute Gasteiger partial charge is 0.496 e. The molecular formula is C24H21N7O. The first-order valence-corrected chi connectivity index (χ1v) is 10.1. The van der Waals surface area contributed by atoms with E-state index in [0.29, 0.717) is 29.4 Å². The molecule has 4 N–H and O–H groups in total. The van der Waals surface area contributed by atoms with Crippen LogP contribution in [0.15, 0.2) is 72.9 Å². The summed E-state index contributed by atoms with van der Waals surface area (Å²) in [5.41, 5.74) is 16.4. The molecule has 3 aromatic carbocycles. The maximum absolute atomic E-state index is 6.35. The zero-order valence-electron chi connectivity index (χ0n) is 17.4. The number of ether oxygens (including phenoxy) is 1. The van der Waals surface area contributed by atoms with Crippen LogP contribution in [0.3, 0.4) is 0 Å². The van der Waals surface area contributed by atoms with Crippen molar-refractivity contribution in [3.05, 3.63) is 84.3 Å². The first-order chi connectivity index (χ1) is 15.7. The number of nitrogens with two attached hydrogens (primary N) is 2. The van der Waals surface area contributed by atoms with Crippen LogP contribution in [0.5, 0.6) is 5.75 Å². The van der Waals surface area contributed by atoms with Gasteiger partial charge in [-0.15, -0.1) is 5.10 Å². The van der Waals surface area contributed by atoms with E-state index in [1.807, 2.05) is 66.7 Å². The number of benzene rings is 3. The molecule has 8 nitrogen and oxygen atoms in total. The van der Waals surface area contributed by atoms with Crippen LogP contribution < -0.4 is 16.2 Å². The molecule has 0 saturated carbocycles. The number of rotatable bonds is 5. The number of pyridine rings is 1. The van der Waals surface area contributed by atoms with Crippen LogP contribution >= 0.6 is 0 Å². The Morgan fingerprint density at radius 2 is 1.75 bits per heavy atom. The van der Waals surface area contributed by atoms with Crippen molar-refractivity contribution in [2.75, 3.05) is 18.6 Å². The monoisotopic (exact) mass is 423 g/mol. The maximum atomic E-state index is 6.35. The van der Waals surface area contributed by atoms with Gasteiger partial charge in [-0.1, -0.05) is 42.5 Å². The van der Waals surface area contributed by atoms with Crippen LogP contribution in [0.25, 0.3) is 27.7 Å². The number of hydrogen-bond donors (Lipinski definition) is 2. The molecule has 0 spiro atoms. The fraction of sp³-hybridized carbons (Fsp3) is 0.0833. The minimum absolute atomic E-state index is 0.509. The molecule has 0 aliphatic heterocycles. The van der Waals surface area contributed by atoms with Gasteiger partial charge in [-0.05, 0) is 40.1 Å². The summed E-state index contributed by atoms with van der Waals surface area (Å²) < 4.78 is 7.06. The third-order valence-electron chi connectivity index (χ3n) is 5.48. The first kappa shape index (κ1) is 19.5. The highest BCUT2D eigenvalue weighted by Crippen LogP contribution is 2.36. The molecule has 0 unspecified atom stereocenters. The third kappa shape index (κ3) is 3.37. The number of aromatic nitrogens is 5. The Hall–Kier alpha value is -4.46. The smallest absolute Gasteiger partial charge is 0.162 e. The second-order valence-corrected chi connectivity index (χ2v) is 7.37. The molecule has 0 saturated heterocycles. The van der Waals surface area contributed by atoms with E-state index in [0.717, 1.165) is 33.2 Å². The van der Waals surface area contributed by atoms with Gasteiger partial charge in [-0.3, -0.25) is 0 Å². The van der Waals surface area contributed by atoms with Crippen molar-refractivity contribution in [1.82, 2.24) is 25.2 Å². The summed E-state index contributed by atoms with van der Waals surface area (Å²) in [5, 5.41) is 14.1. The summed E-state index contributed by atoms with van der Waals surface area (Å²) in [5.74, 6) is 2.05. The van der Waals surface area contributed by atoms with Gasteiger partial charge in [-0.25, -0.2) is 4.98 Å². The lowest BCUT2D eigenvalue weighted by Gasteiger charge is -2.12. The number of hydrogen-bond acceptors (Lipinski definition) is 7. The van der Waals surface area contributed by atoms with Gasteiger partial charge in [0.1, 0.15) is 5.75 Å². The quantitative estimate of drug-likeness (QED) is 0.414. The first-order valence-electron chi connectivity index (χ1n) is 10.1. The minimum Gasteiger partial charge on any atom is -0.496 e. The number of nitrogens with zero attached hydrogens (tertiary/aromatic N) is 5. The van der Waals surface area contributed by atoms with E-state index >= 15 is 0 Å². The van der Waals surface area contributed by atoms with E-state index in [1.165, 1.54) is 0 Å². The Morgan fingerprint density at radius 1 is 0.938 bits per heavy atom. The van der Waals surface area contributed by atoms with Gasteiger partial charge >= 0.3 is 0 Å². The van der Waals surface area contributed by atoms with Crippen LogP contribution in [0.1, 0.15) is 11.4 Å². The molecule has 32 heavy (non-hydrogen) atoms. The van der Waals surface area contributed by atoms with Crippen LogP contribution in [0, 0.1) is 0 Å². The topological polar surface area (TPSA) is 118 Å². The molecule has 5 rings (SSSR count). The highest BCUT2D eigenvalue weighted by atomic mass is 16.5. The normalized spacial score (nSPS) is 11.0. The lowest BCUT2D eigenvalue weighted by atomic mass is 9.98. The second kappa shape index (κ2) is 7.99. The number of nitrogen functional groups attached to an aromatic ring is 2. The van der Waals surface area contributed by atoms with Gasteiger partial charge in [-0.2, -0.15) is 4.68 Å². The summed E-state index contributed by atoms with van der Waals surface area (Å²) in [6.45, 7) is 0. The number of anilines is 2. The number of para-hydroxylation sites is 1. The Kier molecular flexibility index (Phi) is 4.87. The summed E-state index contributed by atoms with van der Waals surface area (Å²) in [6.07, 6.45) is 2.26. The summed E-state index contributed by atoms with van der Waals surface area (Å²) >= 11 is 0. The van der Waals surface area contributed by atoms with Gasteiger partial charge in [0.15, 0.2) is 11.6 Å². The van der Waals surface area contributed by atoms with Crippen molar-refractivity contribution < 1.29 is 4.74 Å². The van der Waals surface area contributed by atoms with E-state index in [4.69, 9.17) is 16.2 Å². The van der Waals surface area contributed by atoms with Crippen LogP contribution in [0.2, 0.25) is 0 Å². The van der Waals surface area contributed by atoms with Crippen molar-refractivity contribution in [2.45, 2.75) is 6.42 Å². The Balaban J connectivity index is 1.49. The van der Waals surface area contributed by atoms with Crippen LogP contribution in [-0.4, -0.2) is 32.3 Å². The molecular weight excluding hydrogens is 402 g/mol. The third-order valence-corrected chi connectivity index (χ3v) is 5.48. The highest BCUT2D eigenvalue weighted by Gasteiger charge is 2.14. The van der Waals surface area contributed by atoms with Gasteiger partial charge < -0.3 is 16.2 Å². The minimum atomic E-state index is 0.509. The van der Waals surface area contributed by atoms with Gasteiger partial charge in [0.05, 0.1) is 18.5 Å². The van der Waals surface area contributed by atoms with Gasteiger partial charge in [0.2, 0.25) is 0 Å². The molecule has 2 heterocycles. The molecule has 0 aliphatic rings. The van der Waals surface area contributed by atoms with Crippen molar-refractivity contribution in [3.63, 3.8) is 0 Å². The zero-order chi connectivity index (χ0) is 22.1. The lowest BCUT2D eigenvalue weighted by Crippen LogP contribution is -2.07. The summed E-state index contributed by atoms with van der Waals surface area (Å²) in [7, 11) is 1.65. The highest BCUT2D eigenvalue weighted by molar-refractivity contribution is 6.04. The molecule has 0 aliphatic carbocycles.